The molecule has 0 bridgehead atoms. The first-order valence-electron chi connectivity index (χ1n) is 12.7. The van der Waals surface area contributed by atoms with Gasteiger partial charge in [0.1, 0.15) is 41.6 Å². The highest BCUT2D eigenvalue weighted by Crippen LogP contribution is 2.49. The van der Waals surface area contributed by atoms with Crippen molar-refractivity contribution in [1.29, 1.82) is 0 Å². The Bertz CT molecular complexity index is 1350. The normalized spacial score (nSPS) is 26.3. The van der Waals surface area contributed by atoms with Gasteiger partial charge in [0.25, 0.3) is 0 Å². The first kappa shape index (κ1) is 29.1. The Hall–Kier alpha value is -2.86. The Balaban J connectivity index is 1.59. The molecule has 39 heavy (non-hydrogen) atoms. The van der Waals surface area contributed by atoms with E-state index in [0.29, 0.717) is 5.65 Å². The van der Waals surface area contributed by atoms with Gasteiger partial charge in [-0.15, -0.1) is 0 Å². The van der Waals surface area contributed by atoms with E-state index in [9.17, 15) is 19.6 Å². The van der Waals surface area contributed by atoms with Crippen LogP contribution in [0.3, 0.4) is 0 Å². The van der Waals surface area contributed by atoms with Gasteiger partial charge in [-0.25, -0.2) is 14.5 Å². The van der Waals surface area contributed by atoms with Gasteiger partial charge < -0.3 is 28.8 Å². The van der Waals surface area contributed by atoms with Gasteiger partial charge in [-0.05, 0) is 59.7 Å². The van der Waals surface area contributed by atoms with E-state index in [1.54, 1.807) is 61.0 Å². The molecule has 1 aliphatic rings. The Morgan fingerprint density at radius 1 is 1.18 bits per heavy atom. The fourth-order valence-electron chi connectivity index (χ4n) is 4.44. The van der Waals surface area contributed by atoms with Crippen molar-refractivity contribution in [3.05, 3.63) is 54.6 Å². The minimum absolute atomic E-state index is 0.233. The maximum absolute atomic E-state index is 14.0. The molecule has 12 nitrogen and oxygen atoms in total. The average molecular weight is 563 g/mol. The summed E-state index contributed by atoms with van der Waals surface area (Å²) in [6.07, 6.45) is -1.95. The molecule has 3 N–H and O–H groups in total. The summed E-state index contributed by atoms with van der Waals surface area (Å²) in [6, 6.07) is 9.07. The molecule has 1 aliphatic heterocycles. The van der Waals surface area contributed by atoms with Gasteiger partial charge in [0, 0.05) is 11.6 Å². The lowest BCUT2D eigenvalue weighted by Crippen LogP contribution is -2.46. The Labute approximate surface area is 226 Å². The summed E-state index contributed by atoms with van der Waals surface area (Å²) in [5.74, 6) is -0.411. The number of esters is 1. The molecule has 0 aliphatic carbocycles. The zero-order valence-corrected chi connectivity index (χ0v) is 23.6. The lowest BCUT2D eigenvalue weighted by Gasteiger charge is -2.29. The molecule has 4 rings (SSSR count). The van der Waals surface area contributed by atoms with Crippen molar-refractivity contribution < 1.29 is 38.1 Å². The van der Waals surface area contributed by atoms with Crippen molar-refractivity contribution >= 4 is 24.7 Å². The molecule has 1 saturated heterocycles. The van der Waals surface area contributed by atoms with E-state index in [1.165, 1.54) is 27.1 Å². The molecule has 1 aromatic carbocycles. The van der Waals surface area contributed by atoms with Crippen LogP contribution >= 0.6 is 7.75 Å². The SMILES string of the molecule is Cc1ncnc2c1ccn2[C@@H]1O[C@H](C(C)OP(=O)(N[C@@H](C)C(=O)OC(C)C)Oc2ccccc2)[C@@H](O)[C@@]1(C)O. The Kier molecular flexibility index (Phi) is 8.46. The monoisotopic (exact) mass is 562 g/mol. The first-order chi connectivity index (χ1) is 18.3. The highest BCUT2D eigenvalue weighted by molar-refractivity contribution is 7.52. The highest BCUT2D eigenvalue weighted by Gasteiger charge is 2.56. The van der Waals surface area contributed by atoms with Gasteiger partial charge in [0.2, 0.25) is 0 Å². The van der Waals surface area contributed by atoms with Crippen LogP contribution < -0.4 is 9.61 Å². The number of aromatic nitrogens is 3. The van der Waals surface area contributed by atoms with Crippen LogP contribution in [0.2, 0.25) is 0 Å². The molecule has 3 heterocycles. The van der Waals surface area contributed by atoms with Crippen molar-refractivity contribution in [2.24, 2.45) is 0 Å². The zero-order chi connectivity index (χ0) is 28.5. The van der Waals surface area contributed by atoms with E-state index in [1.807, 2.05) is 6.92 Å². The molecule has 1 fully saturated rings. The maximum atomic E-state index is 14.0. The number of aliphatic hydroxyl groups excluding tert-OH is 1. The predicted octanol–water partition coefficient (Wildman–Crippen LogP) is 3.27. The number of para-hydroxylation sites is 1. The smallest absolute Gasteiger partial charge is 0.459 e. The van der Waals surface area contributed by atoms with Gasteiger partial charge in [-0.2, -0.15) is 5.09 Å². The third kappa shape index (κ3) is 6.16. The van der Waals surface area contributed by atoms with Crippen molar-refractivity contribution in [2.75, 3.05) is 0 Å². The number of fused-ring (bicyclic) bond motifs is 1. The van der Waals surface area contributed by atoms with Gasteiger partial charge in [-0.3, -0.25) is 9.32 Å². The first-order valence-corrected chi connectivity index (χ1v) is 14.2. The maximum Gasteiger partial charge on any atom is 0.459 e. The summed E-state index contributed by atoms with van der Waals surface area (Å²) in [5, 5.41) is 25.8. The summed E-state index contributed by atoms with van der Waals surface area (Å²) >= 11 is 0. The van der Waals surface area contributed by atoms with E-state index in [2.05, 4.69) is 15.1 Å². The van der Waals surface area contributed by atoms with E-state index in [0.717, 1.165) is 11.1 Å². The van der Waals surface area contributed by atoms with Crippen LogP contribution in [0.4, 0.5) is 0 Å². The number of hydrogen-bond donors (Lipinski definition) is 3. The van der Waals surface area contributed by atoms with Gasteiger partial charge >= 0.3 is 13.7 Å². The molecule has 7 atom stereocenters. The average Bonchev–Trinajstić information content (AvgIpc) is 3.38. The number of aryl methyl sites for hydroxylation is 1. The number of nitrogens with zero attached hydrogens (tertiary/aromatic N) is 3. The molecular weight excluding hydrogens is 527 g/mol. The summed E-state index contributed by atoms with van der Waals surface area (Å²) in [6.45, 7) is 9.69. The Morgan fingerprint density at radius 2 is 1.87 bits per heavy atom. The third-order valence-electron chi connectivity index (χ3n) is 6.45. The largest absolute Gasteiger partial charge is 0.462 e. The minimum atomic E-state index is -4.25. The van der Waals surface area contributed by atoms with E-state index < -0.39 is 49.9 Å². The number of rotatable bonds is 10. The van der Waals surface area contributed by atoms with Crippen LogP contribution in [0.15, 0.2) is 48.9 Å². The second-order valence-corrected chi connectivity index (χ2v) is 11.7. The highest BCUT2D eigenvalue weighted by atomic mass is 31.2. The molecule has 0 saturated carbocycles. The van der Waals surface area contributed by atoms with E-state index in [-0.39, 0.29) is 11.9 Å². The molecule has 3 aromatic rings. The molecule has 2 unspecified atom stereocenters. The van der Waals surface area contributed by atoms with Crippen molar-refractivity contribution in [1.82, 2.24) is 19.6 Å². The van der Waals surface area contributed by atoms with Crippen LogP contribution in [0.5, 0.6) is 5.75 Å². The van der Waals surface area contributed by atoms with Crippen LogP contribution in [0, 0.1) is 6.92 Å². The number of nitrogens with one attached hydrogen (secondary N) is 1. The summed E-state index contributed by atoms with van der Waals surface area (Å²) in [7, 11) is -4.25. The second kappa shape index (κ2) is 11.3. The lowest BCUT2D eigenvalue weighted by molar-refractivity contribution is -0.149. The second-order valence-electron chi connectivity index (χ2n) is 10.1. The number of ether oxygens (including phenoxy) is 2. The quantitative estimate of drug-likeness (QED) is 0.246. The predicted molar refractivity (Wildman–Crippen MR) is 142 cm³/mol. The van der Waals surface area contributed by atoms with Crippen molar-refractivity contribution in [2.45, 2.75) is 83.8 Å². The van der Waals surface area contributed by atoms with E-state index >= 15 is 0 Å². The molecule has 212 valence electrons. The molecular formula is C26H35N4O8P. The third-order valence-corrected chi connectivity index (χ3v) is 8.22. The van der Waals surface area contributed by atoms with Crippen LogP contribution in [0.25, 0.3) is 11.0 Å². The van der Waals surface area contributed by atoms with Crippen molar-refractivity contribution in [3.8, 4) is 5.75 Å². The summed E-state index contributed by atoms with van der Waals surface area (Å²) in [5.41, 5.74) is -0.495. The molecule has 0 amide bonds. The zero-order valence-electron chi connectivity index (χ0n) is 22.7. The van der Waals surface area contributed by atoms with Crippen molar-refractivity contribution in [3.63, 3.8) is 0 Å². The molecule has 0 radical (unpaired) electrons. The van der Waals surface area contributed by atoms with Crippen LogP contribution in [-0.4, -0.2) is 66.8 Å². The Morgan fingerprint density at radius 3 is 2.54 bits per heavy atom. The fraction of sp³-hybridized carbons (Fsp3) is 0.500. The minimum Gasteiger partial charge on any atom is -0.462 e. The summed E-state index contributed by atoms with van der Waals surface area (Å²) < 4.78 is 38.5. The summed E-state index contributed by atoms with van der Waals surface area (Å²) in [4.78, 5) is 20.9. The molecule has 13 heteroatoms. The van der Waals surface area contributed by atoms with E-state index in [4.69, 9.17) is 18.5 Å². The topological polar surface area (TPSA) is 154 Å². The molecule has 0 spiro atoms. The van der Waals surface area contributed by atoms with Gasteiger partial charge in [-0.1, -0.05) is 18.2 Å². The standard InChI is InChI=1S/C26H35N4O8P/c1-15(2)35-24(32)17(4)29-39(34,38-19-10-8-7-9-11-19)37-18(5)21-22(31)26(6,33)25(36-21)30-13-12-20-16(3)27-14-28-23(20)30/h7-15,17-18,21-22,25,31,33H,1-6H3,(H,29,34)/t17-,18?,21+,22+,25+,26+,39?/m0/s1. The van der Waals surface area contributed by atoms with Gasteiger partial charge in [0.15, 0.2) is 6.23 Å². The van der Waals surface area contributed by atoms with Crippen LogP contribution in [-0.2, 0) is 23.4 Å². The lowest BCUT2D eigenvalue weighted by atomic mass is 9.94. The number of carbonyl (C=O) groups excluding carboxylic acids is 1. The number of carbonyl (C=O) groups is 1. The number of benzene rings is 1. The fourth-order valence-corrected chi connectivity index (χ4v) is 6.14. The number of aliphatic hydroxyl groups is 2. The van der Waals surface area contributed by atoms with Gasteiger partial charge in [0.05, 0.1) is 17.9 Å². The molecule has 2 aromatic heterocycles. The number of hydrogen-bond acceptors (Lipinski definition) is 10. The van der Waals surface area contributed by atoms with Crippen LogP contribution in [0.1, 0.15) is 46.5 Å².